The predicted molar refractivity (Wildman–Crippen MR) is 177 cm³/mol. The highest BCUT2D eigenvalue weighted by molar-refractivity contribution is 5.73. The van der Waals surface area contributed by atoms with Crippen LogP contribution in [0.4, 0.5) is 5.95 Å². The van der Waals surface area contributed by atoms with Gasteiger partial charge in [0.15, 0.2) is 0 Å². The minimum Gasteiger partial charge on any atom is -0.481 e. The van der Waals surface area contributed by atoms with Gasteiger partial charge in [0.05, 0.1) is 25.2 Å². The number of ether oxygens (including phenoxy) is 2. The second kappa shape index (κ2) is 11.0. The summed E-state index contributed by atoms with van der Waals surface area (Å²) in [4.78, 5) is 15.2. The number of aliphatic carboxylic acids is 1. The molecule has 0 amide bonds. The van der Waals surface area contributed by atoms with Crippen molar-refractivity contribution < 1.29 is 19.4 Å². The number of nitrogens with two attached hydrogens (primary N) is 1. The van der Waals surface area contributed by atoms with Gasteiger partial charge in [0.2, 0.25) is 0 Å². The second-order valence-electron chi connectivity index (χ2n) is 18.0. The molecule has 0 aromatic carbocycles. The maximum Gasteiger partial charge on any atom is 0.307 e. The summed E-state index contributed by atoms with van der Waals surface area (Å²) in [5.41, 5.74) is 6.49. The Hall–Kier alpha value is -2.00. The number of allylic oxidation sites excluding steroid dienone is 1. The average Bonchev–Trinajstić information content (AvgIpc) is 3.68. The Balaban J connectivity index is 1.30. The van der Waals surface area contributed by atoms with Crippen molar-refractivity contribution in [3.05, 3.63) is 11.6 Å². The zero-order valence-electron chi connectivity index (χ0n) is 29.4. The Kier molecular flexibility index (Phi) is 7.79. The van der Waals surface area contributed by atoms with Gasteiger partial charge in [0, 0.05) is 17.4 Å². The van der Waals surface area contributed by atoms with E-state index in [0.717, 1.165) is 45.1 Å². The van der Waals surface area contributed by atoms with E-state index in [-0.39, 0.29) is 45.2 Å². The Morgan fingerprint density at radius 3 is 2.48 bits per heavy atom. The van der Waals surface area contributed by atoms with Crippen LogP contribution in [0.5, 0.6) is 0 Å². The van der Waals surface area contributed by atoms with Gasteiger partial charge in [-0.05, 0) is 102 Å². The van der Waals surface area contributed by atoms with Crippen LogP contribution < -0.4 is 5.73 Å². The molecule has 46 heavy (non-hydrogen) atoms. The monoisotopic (exact) mass is 637 g/mol. The molecule has 0 radical (unpaired) electrons. The molecule has 256 valence electrons. The number of nitrogens with zero attached hydrogens (tertiary/aromatic N) is 4. The molecule has 1 aromatic heterocycles. The maximum atomic E-state index is 13.4. The van der Waals surface area contributed by atoms with E-state index in [1.165, 1.54) is 31.3 Å². The first-order valence-electron chi connectivity index (χ1n) is 18.4. The van der Waals surface area contributed by atoms with Crippen molar-refractivity contribution in [2.45, 2.75) is 125 Å². The number of aromatic nitrogens is 4. The molecule has 2 heterocycles. The number of tetrazole rings is 1. The zero-order chi connectivity index (χ0) is 32.9. The second-order valence-corrected chi connectivity index (χ2v) is 18.0. The molecule has 2 bridgehead atoms. The molecule has 9 nitrogen and oxygen atoms in total. The Labute approximate surface area is 275 Å². The largest absolute Gasteiger partial charge is 0.481 e. The molecule has 1 unspecified atom stereocenters. The number of carboxylic acid groups (broad SMARTS) is 1. The van der Waals surface area contributed by atoms with Gasteiger partial charge in [-0.1, -0.05) is 78.1 Å². The fraction of sp³-hybridized carbons (Fsp3) is 0.892. The van der Waals surface area contributed by atoms with Crippen LogP contribution in [0.1, 0.15) is 119 Å². The molecular formula is C37H59N5O4. The smallest absolute Gasteiger partial charge is 0.307 e. The number of carboxylic acids is 1. The van der Waals surface area contributed by atoms with Crippen LogP contribution in [-0.2, 0) is 14.3 Å². The summed E-state index contributed by atoms with van der Waals surface area (Å²) < 4.78 is 13.7. The van der Waals surface area contributed by atoms with Gasteiger partial charge in [-0.3, -0.25) is 4.79 Å². The average molecular weight is 638 g/mol. The topological polar surface area (TPSA) is 125 Å². The molecule has 1 aromatic rings. The van der Waals surface area contributed by atoms with E-state index in [1.807, 2.05) is 0 Å². The van der Waals surface area contributed by atoms with E-state index < -0.39 is 11.9 Å². The van der Waals surface area contributed by atoms with E-state index in [1.54, 1.807) is 4.80 Å². The molecule has 9 heteroatoms. The lowest BCUT2D eigenvalue weighted by atomic mass is 9.34. The van der Waals surface area contributed by atoms with E-state index in [2.05, 4.69) is 70.0 Å². The Morgan fingerprint density at radius 1 is 1.09 bits per heavy atom. The summed E-state index contributed by atoms with van der Waals surface area (Å²) in [5, 5.41) is 24.2. The number of hydrogen-bond donors (Lipinski definition) is 2. The van der Waals surface area contributed by atoms with E-state index in [0.29, 0.717) is 42.8 Å². The third-order valence-corrected chi connectivity index (χ3v) is 15.8. The number of fused-ring (bicyclic) bond motifs is 3. The van der Waals surface area contributed by atoms with E-state index >= 15 is 0 Å². The van der Waals surface area contributed by atoms with Crippen molar-refractivity contribution in [3.63, 3.8) is 0 Å². The van der Waals surface area contributed by atoms with Gasteiger partial charge < -0.3 is 20.3 Å². The quantitative estimate of drug-likeness (QED) is 0.308. The first kappa shape index (κ1) is 32.5. The van der Waals surface area contributed by atoms with Crippen LogP contribution in [0.25, 0.3) is 0 Å². The van der Waals surface area contributed by atoms with Crippen LogP contribution in [0.15, 0.2) is 11.6 Å². The normalized spacial score (nSPS) is 46.3. The van der Waals surface area contributed by atoms with Crippen molar-refractivity contribution in [1.29, 1.82) is 0 Å². The van der Waals surface area contributed by atoms with Gasteiger partial charge in [-0.2, -0.15) is 4.80 Å². The lowest BCUT2D eigenvalue weighted by molar-refractivity contribution is -0.253. The zero-order valence-corrected chi connectivity index (χ0v) is 29.4. The number of carbonyl (C=O) groups is 1. The van der Waals surface area contributed by atoms with Crippen LogP contribution in [0.3, 0.4) is 0 Å². The third kappa shape index (κ3) is 4.38. The Morgan fingerprint density at radius 2 is 1.83 bits per heavy atom. The molecule has 4 saturated carbocycles. The minimum atomic E-state index is -0.615. The van der Waals surface area contributed by atoms with Crippen molar-refractivity contribution >= 4 is 11.9 Å². The highest BCUT2D eigenvalue weighted by Crippen LogP contribution is 2.75. The molecule has 1 saturated heterocycles. The molecular weight excluding hydrogens is 578 g/mol. The highest BCUT2D eigenvalue weighted by atomic mass is 16.5. The van der Waals surface area contributed by atoms with Gasteiger partial charge in [0.1, 0.15) is 6.04 Å². The van der Waals surface area contributed by atoms with Gasteiger partial charge in [-0.25, -0.2) is 0 Å². The molecule has 0 spiro atoms. The molecule has 11 atom stereocenters. The number of anilines is 1. The summed E-state index contributed by atoms with van der Waals surface area (Å²) in [7, 11) is 0. The number of hydrogen-bond acceptors (Lipinski definition) is 7. The summed E-state index contributed by atoms with van der Waals surface area (Å²) in [5.74, 6) is 1.29. The maximum absolute atomic E-state index is 13.4. The first-order chi connectivity index (χ1) is 21.7. The predicted octanol–water partition coefficient (Wildman–Crippen LogP) is 6.96. The lowest BCUT2D eigenvalue weighted by Gasteiger charge is -2.71. The van der Waals surface area contributed by atoms with E-state index in [4.69, 9.17) is 15.2 Å². The molecule has 7 rings (SSSR count). The van der Waals surface area contributed by atoms with Crippen LogP contribution in [0.2, 0.25) is 0 Å². The van der Waals surface area contributed by atoms with Crippen LogP contribution >= 0.6 is 0 Å². The fourth-order valence-electron chi connectivity index (χ4n) is 12.9. The molecule has 5 fully saturated rings. The summed E-state index contributed by atoms with van der Waals surface area (Å²) in [6, 6.07) is -0.0922. The highest BCUT2D eigenvalue weighted by Gasteiger charge is 2.72. The lowest BCUT2D eigenvalue weighted by Crippen LogP contribution is -2.69. The molecule has 1 aliphatic heterocycles. The van der Waals surface area contributed by atoms with E-state index in [9.17, 15) is 9.90 Å². The summed E-state index contributed by atoms with van der Waals surface area (Å²) in [6.45, 7) is 18.4. The van der Waals surface area contributed by atoms with Crippen molar-refractivity contribution in [3.8, 4) is 0 Å². The molecule has 6 aliphatic rings. The number of rotatable bonds is 7. The van der Waals surface area contributed by atoms with Crippen molar-refractivity contribution in [2.24, 2.45) is 62.6 Å². The van der Waals surface area contributed by atoms with Crippen molar-refractivity contribution in [1.82, 2.24) is 20.2 Å². The van der Waals surface area contributed by atoms with Gasteiger partial charge >= 0.3 is 5.97 Å². The summed E-state index contributed by atoms with van der Waals surface area (Å²) >= 11 is 0. The van der Waals surface area contributed by atoms with Crippen molar-refractivity contribution in [2.75, 3.05) is 25.6 Å². The SMILES string of the molecule is CC(C)[C@@H](C)[C@@]1(C)CC[C@]2(C)[C@H]3CC[C@@H]4C5(COC[C@]4(C)[C@@H](OCC4CCCC4)[C@H](n4nnc(N)n4)C5)C3=CC[C@@]2(C)[C@@H]1C(=O)O. The molecule has 3 N–H and O–H groups in total. The summed E-state index contributed by atoms with van der Waals surface area (Å²) in [6.07, 6.45) is 13.3. The Bertz CT molecular complexity index is 1370. The molecule has 5 aliphatic carbocycles. The van der Waals surface area contributed by atoms with Crippen LogP contribution in [-0.4, -0.2) is 57.2 Å². The third-order valence-electron chi connectivity index (χ3n) is 15.8. The minimum absolute atomic E-state index is 0.0916. The van der Waals surface area contributed by atoms with Crippen LogP contribution in [0, 0.1) is 62.6 Å². The van der Waals surface area contributed by atoms with Gasteiger partial charge in [-0.15, -0.1) is 5.10 Å². The number of nitrogen functional groups attached to an aromatic ring is 1. The standard InChI is InChI=1S/C37H59N5O4/c1-22(2)23(3)33(4)16-17-35(6)25-12-13-28-34(5)20-45-21-37(28,26(25)14-15-36(35,7)29(33)31(43)44)18-27(42-40-32(38)39-41-42)30(34)46-19-24-10-8-9-11-24/h14,22-25,27-30H,8-13,15-21H2,1-7H3,(H2,38,40)(H,43,44)/t23-,25+,27-,28+,29-,30+,33-,34+,35-,36+,37?/m1/s1. The van der Waals surface area contributed by atoms with Gasteiger partial charge in [0.25, 0.3) is 5.95 Å². The fourth-order valence-corrected chi connectivity index (χ4v) is 12.9. The first-order valence-corrected chi connectivity index (χ1v) is 18.4.